The normalized spacial score (nSPS) is 13.1. The Bertz CT molecular complexity index is 543. The summed E-state index contributed by atoms with van der Waals surface area (Å²) >= 11 is 0. The molecule has 0 unspecified atom stereocenters. The summed E-state index contributed by atoms with van der Waals surface area (Å²) in [6.07, 6.45) is 0.324. The maximum atomic E-state index is 12.4. The van der Waals surface area contributed by atoms with Crippen LogP contribution in [0.1, 0.15) is 26.3 Å². The number of rotatable bonds is 7. The van der Waals surface area contributed by atoms with E-state index in [4.69, 9.17) is 4.74 Å². The largest absolute Gasteiger partial charge is 0.467 e. The number of hydrogen-bond acceptors (Lipinski definition) is 4. The Labute approximate surface area is 136 Å². The van der Waals surface area contributed by atoms with E-state index in [1.807, 2.05) is 44.2 Å². The summed E-state index contributed by atoms with van der Waals surface area (Å²) in [6.45, 7) is 5.00. The Kier molecular flexibility index (Phi) is 7.25. The summed E-state index contributed by atoms with van der Waals surface area (Å²) in [4.78, 5) is 35.6. The SMILES string of the molecule is COC(=O)[C@H](Cc1ccccc1)NC(=O)[C@H](NC(C)=O)C(C)C. The van der Waals surface area contributed by atoms with E-state index >= 15 is 0 Å². The zero-order valence-corrected chi connectivity index (χ0v) is 14.0. The van der Waals surface area contributed by atoms with Crippen molar-refractivity contribution in [2.45, 2.75) is 39.3 Å². The van der Waals surface area contributed by atoms with Crippen LogP contribution < -0.4 is 10.6 Å². The molecule has 1 aromatic carbocycles. The van der Waals surface area contributed by atoms with E-state index in [0.29, 0.717) is 6.42 Å². The number of ether oxygens (including phenoxy) is 1. The second-order valence-corrected chi connectivity index (χ2v) is 5.70. The van der Waals surface area contributed by atoms with E-state index in [0.717, 1.165) is 5.56 Å². The van der Waals surface area contributed by atoms with Crippen molar-refractivity contribution < 1.29 is 19.1 Å². The summed E-state index contributed by atoms with van der Waals surface area (Å²) < 4.78 is 4.77. The molecule has 2 atom stereocenters. The van der Waals surface area contributed by atoms with Gasteiger partial charge in [0.05, 0.1) is 7.11 Å². The van der Waals surface area contributed by atoms with Crippen molar-refractivity contribution in [3.8, 4) is 0 Å². The van der Waals surface area contributed by atoms with Gasteiger partial charge in [0.15, 0.2) is 0 Å². The molecule has 1 aromatic rings. The molecule has 0 aromatic heterocycles. The zero-order valence-electron chi connectivity index (χ0n) is 14.0. The second kappa shape index (κ2) is 8.92. The summed E-state index contributed by atoms with van der Waals surface area (Å²) in [5, 5.41) is 5.28. The lowest BCUT2D eigenvalue weighted by molar-refractivity contribution is -0.145. The molecule has 6 nitrogen and oxygen atoms in total. The molecule has 2 amide bonds. The Balaban J connectivity index is 2.85. The monoisotopic (exact) mass is 320 g/mol. The molecular formula is C17H24N2O4. The highest BCUT2D eigenvalue weighted by Gasteiger charge is 2.28. The van der Waals surface area contributed by atoms with E-state index < -0.39 is 24.0 Å². The first-order valence-corrected chi connectivity index (χ1v) is 7.54. The van der Waals surface area contributed by atoms with Crippen LogP contribution >= 0.6 is 0 Å². The minimum atomic E-state index is -0.801. The van der Waals surface area contributed by atoms with Crippen molar-refractivity contribution in [1.29, 1.82) is 0 Å². The first-order chi connectivity index (χ1) is 10.8. The Morgan fingerprint density at radius 3 is 2.17 bits per heavy atom. The highest BCUT2D eigenvalue weighted by atomic mass is 16.5. The van der Waals surface area contributed by atoms with E-state index in [1.165, 1.54) is 14.0 Å². The fourth-order valence-electron chi connectivity index (χ4n) is 2.20. The van der Waals surface area contributed by atoms with Gasteiger partial charge in [-0.05, 0) is 11.5 Å². The van der Waals surface area contributed by atoms with Gasteiger partial charge in [0.25, 0.3) is 0 Å². The Hall–Kier alpha value is -2.37. The third kappa shape index (κ3) is 6.10. The molecule has 0 heterocycles. The highest BCUT2D eigenvalue weighted by Crippen LogP contribution is 2.07. The molecule has 6 heteroatoms. The number of amides is 2. The number of benzene rings is 1. The molecule has 0 bridgehead atoms. The third-order valence-electron chi connectivity index (χ3n) is 3.39. The van der Waals surface area contributed by atoms with Crippen molar-refractivity contribution in [3.05, 3.63) is 35.9 Å². The molecule has 0 fully saturated rings. The van der Waals surface area contributed by atoms with Gasteiger partial charge in [0.1, 0.15) is 12.1 Å². The average molecular weight is 320 g/mol. The number of carbonyl (C=O) groups is 3. The molecule has 2 N–H and O–H groups in total. The summed E-state index contributed by atoms with van der Waals surface area (Å²) in [7, 11) is 1.28. The van der Waals surface area contributed by atoms with Crippen LogP contribution in [0.5, 0.6) is 0 Å². The summed E-state index contributed by atoms with van der Waals surface area (Å²) in [5.74, 6) is -1.32. The second-order valence-electron chi connectivity index (χ2n) is 5.70. The fraction of sp³-hybridized carbons (Fsp3) is 0.471. The van der Waals surface area contributed by atoms with Crippen molar-refractivity contribution in [2.24, 2.45) is 5.92 Å². The predicted octanol–water partition coefficient (Wildman–Crippen LogP) is 1.05. The van der Waals surface area contributed by atoms with Crippen LogP contribution in [0.15, 0.2) is 30.3 Å². The molecule has 0 saturated carbocycles. The van der Waals surface area contributed by atoms with E-state index in [1.54, 1.807) is 0 Å². The zero-order chi connectivity index (χ0) is 17.4. The van der Waals surface area contributed by atoms with Crippen molar-refractivity contribution in [2.75, 3.05) is 7.11 Å². The molecule has 126 valence electrons. The molecule has 0 aliphatic heterocycles. The van der Waals surface area contributed by atoms with Crippen LogP contribution in [0.4, 0.5) is 0 Å². The van der Waals surface area contributed by atoms with Crippen LogP contribution in [0.2, 0.25) is 0 Å². The lowest BCUT2D eigenvalue weighted by Crippen LogP contribution is -2.54. The average Bonchev–Trinajstić information content (AvgIpc) is 2.51. The molecule has 0 aliphatic carbocycles. The smallest absolute Gasteiger partial charge is 0.328 e. The number of carbonyl (C=O) groups excluding carboxylic acids is 3. The van der Waals surface area contributed by atoms with Gasteiger partial charge < -0.3 is 15.4 Å². The third-order valence-corrected chi connectivity index (χ3v) is 3.39. The molecule has 23 heavy (non-hydrogen) atoms. The standard InChI is InChI=1S/C17H24N2O4/c1-11(2)15(18-12(3)20)16(21)19-14(17(22)23-4)10-13-8-6-5-7-9-13/h5-9,11,14-15H,10H2,1-4H3,(H,18,20)(H,19,21)/t14-,15+/m0/s1. The summed E-state index contributed by atoms with van der Waals surface area (Å²) in [5.41, 5.74) is 0.906. The van der Waals surface area contributed by atoms with Crippen LogP contribution in [0, 0.1) is 5.92 Å². The summed E-state index contributed by atoms with van der Waals surface area (Å²) in [6, 6.07) is 7.84. The van der Waals surface area contributed by atoms with E-state index in [-0.39, 0.29) is 11.8 Å². The first kappa shape index (κ1) is 18.7. The predicted molar refractivity (Wildman–Crippen MR) is 86.5 cm³/mol. The van der Waals surface area contributed by atoms with Crippen molar-refractivity contribution >= 4 is 17.8 Å². The van der Waals surface area contributed by atoms with Crippen LogP contribution in [-0.2, 0) is 25.5 Å². The quantitative estimate of drug-likeness (QED) is 0.736. The van der Waals surface area contributed by atoms with Crippen LogP contribution in [0.3, 0.4) is 0 Å². The number of esters is 1. The lowest BCUT2D eigenvalue weighted by atomic mass is 10.0. The number of nitrogens with one attached hydrogen (secondary N) is 2. The lowest BCUT2D eigenvalue weighted by Gasteiger charge is -2.24. The highest BCUT2D eigenvalue weighted by molar-refractivity contribution is 5.90. The minimum absolute atomic E-state index is 0.103. The van der Waals surface area contributed by atoms with Gasteiger partial charge in [-0.2, -0.15) is 0 Å². The van der Waals surface area contributed by atoms with Crippen molar-refractivity contribution in [3.63, 3.8) is 0 Å². The number of methoxy groups -OCH3 is 1. The molecule has 0 saturated heterocycles. The van der Waals surface area contributed by atoms with Gasteiger partial charge in [0.2, 0.25) is 11.8 Å². The van der Waals surface area contributed by atoms with Crippen LogP contribution in [-0.4, -0.2) is 37.0 Å². The van der Waals surface area contributed by atoms with Gasteiger partial charge in [-0.15, -0.1) is 0 Å². The molecular weight excluding hydrogens is 296 g/mol. The van der Waals surface area contributed by atoms with Gasteiger partial charge in [-0.3, -0.25) is 9.59 Å². The van der Waals surface area contributed by atoms with Gasteiger partial charge >= 0.3 is 5.97 Å². The minimum Gasteiger partial charge on any atom is -0.467 e. The molecule has 0 radical (unpaired) electrons. The topological polar surface area (TPSA) is 84.5 Å². The maximum Gasteiger partial charge on any atom is 0.328 e. The van der Waals surface area contributed by atoms with Crippen LogP contribution in [0.25, 0.3) is 0 Å². The van der Waals surface area contributed by atoms with Crippen molar-refractivity contribution in [1.82, 2.24) is 10.6 Å². The molecule has 0 aliphatic rings. The Morgan fingerprint density at radius 1 is 1.09 bits per heavy atom. The molecule has 0 spiro atoms. The van der Waals surface area contributed by atoms with Gasteiger partial charge in [0, 0.05) is 13.3 Å². The van der Waals surface area contributed by atoms with Gasteiger partial charge in [-0.25, -0.2) is 4.79 Å². The van der Waals surface area contributed by atoms with Gasteiger partial charge in [-0.1, -0.05) is 44.2 Å². The molecule has 1 rings (SSSR count). The maximum absolute atomic E-state index is 12.4. The van der Waals surface area contributed by atoms with E-state index in [2.05, 4.69) is 10.6 Å². The first-order valence-electron chi connectivity index (χ1n) is 7.54. The number of hydrogen-bond donors (Lipinski definition) is 2. The van der Waals surface area contributed by atoms with E-state index in [9.17, 15) is 14.4 Å². The fourth-order valence-corrected chi connectivity index (χ4v) is 2.20. The Morgan fingerprint density at radius 2 is 1.70 bits per heavy atom.